The molecule has 0 amide bonds. The van der Waals surface area contributed by atoms with Crippen molar-refractivity contribution < 1.29 is 9.47 Å². The summed E-state index contributed by atoms with van der Waals surface area (Å²) in [6, 6.07) is 9.43. The van der Waals surface area contributed by atoms with Crippen molar-refractivity contribution in [2.75, 3.05) is 6.61 Å². The summed E-state index contributed by atoms with van der Waals surface area (Å²) in [5.74, 6) is 2.32. The summed E-state index contributed by atoms with van der Waals surface area (Å²) in [6.45, 7) is 2.81. The summed E-state index contributed by atoms with van der Waals surface area (Å²) >= 11 is 3.35. The first-order valence-electron chi connectivity index (χ1n) is 5.79. The Morgan fingerprint density at radius 1 is 1.06 bits per heavy atom. The quantitative estimate of drug-likeness (QED) is 0.819. The smallest absolute Gasteiger partial charge is 0.146 e. The van der Waals surface area contributed by atoms with Crippen molar-refractivity contribution in [2.24, 2.45) is 0 Å². The third kappa shape index (κ3) is 3.74. The Bertz CT molecular complexity index is 499. The molecule has 1 aromatic carbocycles. The van der Waals surface area contributed by atoms with Crippen LogP contribution in [0.3, 0.4) is 0 Å². The van der Waals surface area contributed by atoms with E-state index < -0.39 is 0 Å². The van der Waals surface area contributed by atoms with Gasteiger partial charge in [-0.2, -0.15) is 0 Å². The molecule has 2 rings (SSSR count). The minimum atomic E-state index is 0.701. The number of aromatic nitrogens is 1. The van der Waals surface area contributed by atoms with Crippen LogP contribution >= 0.6 is 15.9 Å². The number of rotatable bonds is 5. The van der Waals surface area contributed by atoms with Gasteiger partial charge in [-0.05, 0) is 52.7 Å². The highest BCUT2D eigenvalue weighted by Gasteiger charge is 1.99. The van der Waals surface area contributed by atoms with E-state index in [1.165, 1.54) is 0 Å². The van der Waals surface area contributed by atoms with Gasteiger partial charge < -0.3 is 9.47 Å². The second kappa shape index (κ2) is 6.40. The van der Waals surface area contributed by atoms with Crippen molar-refractivity contribution in [1.29, 1.82) is 0 Å². The number of hydrogen-bond acceptors (Lipinski definition) is 3. The lowest BCUT2D eigenvalue weighted by Crippen LogP contribution is -1.94. The zero-order valence-corrected chi connectivity index (χ0v) is 11.7. The molecule has 0 N–H and O–H groups in total. The monoisotopic (exact) mass is 307 g/mol. The fraction of sp³-hybridized carbons (Fsp3) is 0.214. The number of pyridine rings is 1. The van der Waals surface area contributed by atoms with E-state index in [0.717, 1.165) is 29.0 Å². The van der Waals surface area contributed by atoms with Crippen LogP contribution in [0.25, 0.3) is 0 Å². The number of ether oxygens (including phenoxy) is 2. The molecule has 0 aliphatic heterocycles. The molecule has 0 aliphatic carbocycles. The molecule has 0 bridgehead atoms. The van der Waals surface area contributed by atoms with E-state index in [9.17, 15) is 0 Å². The maximum atomic E-state index is 5.67. The molecule has 0 radical (unpaired) electrons. The third-order valence-corrected chi connectivity index (χ3v) is 2.65. The van der Waals surface area contributed by atoms with Gasteiger partial charge in [-0.3, -0.25) is 4.98 Å². The van der Waals surface area contributed by atoms with Gasteiger partial charge in [-0.15, -0.1) is 0 Å². The molecule has 0 unspecified atom stereocenters. The topological polar surface area (TPSA) is 31.4 Å². The Kier molecular flexibility index (Phi) is 4.59. The van der Waals surface area contributed by atoms with Gasteiger partial charge in [-0.1, -0.05) is 6.92 Å². The van der Waals surface area contributed by atoms with E-state index in [2.05, 4.69) is 27.8 Å². The van der Waals surface area contributed by atoms with Crippen molar-refractivity contribution >= 4 is 15.9 Å². The fourth-order valence-electron chi connectivity index (χ4n) is 1.41. The molecule has 0 saturated carbocycles. The summed E-state index contributed by atoms with van der Waals surface area (Å²) in [5.41, 5.74) is 0. The average molecular weight is 308 g/mol. The van der Waals surface area contributed by atoms with Crippen LogP contribution in [0.5, 0.6) is 17.2 Å². The molecule has 94 valence electrons. The van der Waals surface area contributed by atoms with E-state index >= 15 is 0 Å². The predicted molar refractivity (Wildman–Crippen MR) is 74.2 cm³/mol. The van der Waals surface area contributed by atoms with Crippen LogP contribution in [0, 0.1) is 0 Å². The van der Waals surface area contributed by atoms with Crippen LogP contribution in [0.4, 0.5) is 0 Å². The van der Waals surface area contributed by atoms with Gasteiger partial charge in [0.2, 0.25) is 0 Å². The Morgan fingerprint density at radius 2 is 1.78 bits per heavy atom. The molecule has 0 saturated heterocycles. The minimum Gasteiger partial charge on any atom is -0.494 e. The van der Waals surface area contributed by atoms with Crippen LogP contribution in [-0.4, -0.2) is 11.6 Å². The first kappa shape index (κ1) is 12.9. The molecule has 0 spiro atoms. The normalized spacial score (nSPS) is 10.1. The summed E-state index contributed by atoms with van der Waals surface area (Å²) in [7, 11) is 0. The van der Waals surface area contributed by atoms with E-state index in [1.54, 1.807) is 12.4 Å². The first-order valence-corrected chi connectivity index (χ1v) is 6.58. The minimum absolute atomic E-state index is 0.701. The summed E-state index contributed by atoms with van der Waals surface area (Å²) in [6.07, 6.45) is 4.39. The number of halogens is 1. The molecule has 18 heavy (non-hydrogen) atoms. The molecule has 0 fully saturated rings. The molecule has 1 aromatic heterocycles. The van der Waals surface area contributed by atoms with E-state index in [4.69, 9.17) is 9.47 Å². The number of nitrogens with zero attached hydrogens (tertiary/aromatic N) is 1. The van der Waals surface area contributed by atoms with Crippen LogP contribution in [-0.2, 0) is 0 Å². The molecule has 0 atom stereocenters. The molecule has 1 heterocycles. The molecule has 0 aliphatic rings. The van der Waals surface area contributed by atoms with Crippen LogP contribution in [0.15, 0.2) is 47.2 Å². The Labute approximate surface area is 115 Å². The Hall–Kier alpha value is -1.55. The van der Waals surface area contributed by atoms with E-state index in [0.29, 0.717) is 5.75 Å². The lowest BCUT2D eigenvalue weighted by atomic mass is 10.3. The summed E-state index contributed by atoms with van der Waals surface area (Å²) in [4.78, 5) is 4.04. The second-order valence-electron chi connectivity index (χ2n) is 3.76. The lowest BCUT2D eigenvalue weighted by molar-refractivity contribution is 0.317. The van der Waals surface area contributed by atoms with Gasteiger partial charge in [0.25, 0.3) is 0 Å². The zero-order valence-electron chi connectivity index (χ0n) is 10.1. The van der Waals surface area contributed by atoms with Gasteiger partial charge in [-0.25, -0.2) is 0 Å². The number of benzene rings is 1. The van der Waals surface area contributed by atoms with Crippen molar-refractivity contribution in [1.82, 2.24) is 4.98 Å². The lowest BCUT2D eigenvalue weighted by Gasteiger charge is -2.07. The Morgan fingerprint density at radius 3 is 2.44 bits per heavy atom. The molecule has 3 nitrogen and oxygen atoms in total. The van der Waals surface area contributed by atoms with Crippen LogP contribution < -0.4 is 9.47 Å². The standard InChI is InChI=1S/C14H14BrNO2/c1-2-7-17-12-3-5-13(6-4-12)18-14-8-11(15)9-16-10-14/h3-6,8-10H,2,7H2,1H3. The van der Waals surface area contributed by atoms with Gasteiger partial charge in [0.05, 0.1) is 12.8 Å². The van der Waals surface area contributed by atoms with E-state index in [-0.39, 0.29) is 0 Å². The molecule has 4 heteroatoms. The van der Waals surface area contributed by atoms with Crippen molar-refractivity contribution in [3.05, 3.63) is 47.2 Å². The van der Waals surface area contributed by atoms with Crippen molar-refractivity contribution in [2.45, 2.75) is 13.3 Å². The molecular weight excluding hydrogens is 294 g/mol. The average Bonchev–Trinajstić information content (AvgIpc) is 2.38. The largest absolute Gasteiger partial charge is 0.494 e. The maximum absolute atomic E-state index is 5.67. The van der Waals surface area contributed by atoms with Gasteiger partial charge >= 0.3 is 0 Å². The summed E-state index contributed by atoms with van der Waals surface area (Å²) in [5, 5.41) is 0. The van der Waals surface area contributed by atoms with Gasteiger partial charge in [0.15, 0.2) is 0 Å². The number of hydrogen-bond donors (Lipinski definition) is 0. The van der Waals surface area contributed by atoms with Gasteiger partial charge in [0, 0.05) is 10.7 Å². The second-order valence-corrected chi connectivity index (χ2v) is 4.68. The fourth-order valence-corrected chi connectivity index (χ4v) is 1.75. The molecule has 2 aromatic rings. The van der Waals surface area contributed by atoms with Crippen molar-refractivity contribution in [3.63, 3.8) is 0 Å². The highest BCUT2D eigenvalue weighted by atomic mass is 79.9. The van der Waals surface area contributed by atoms with Crippen LogP contribution in [0.2, 0.25) is 0 Å². The third-order valence-electron chi connectivity index (χ3n) is 2.21. The zero-order chi connectivity index (χ0) is 12.8. The van der Waals surface area contributed by atoms with Crippen molar-refractivity contribution in [3.8, 4) is 17.2 Å². The van der Waals surface area contributed by atoms with Gasteiger partial charge in [0.1, 0.15) is 17.2 Å². The molecular formula is C14H14BrNO2. The highest BCUT2D eigenvalue weighted by molar-refractivity contribution is 9.10. The maximum Gasteiger partial charge on any atom is 0.146 e. The SMILES string of the molecule is CCCOc1ccc(Oc2cncc(Br)c2)cc1. The first-order chi connectivity index (χ1) is 8.78. The predicted octanol–water partition coefficient (Wildman–Crippen LogP) is 4.43. The van der Waals surface area contributed by atoms with E-state index in [1.807, 2.05) is 30.3 Å². The Balaban J connectivity index is 2.02. The highest BCUT2D eigenvalue weighted by Crippen LogP contribution is 2.25. The van der Waals surface area contributed by atoms with Crippen LogP contribution in [0.1, 0.15) is 13.3 Å². The summed E-state index contributed by atoms with van der Waals surface area (Å²) < 4.78 is 12.1.